The zero-order valence-corrected chi connectivity index (χ0v) is 15.7. The lowest BCUT2D eigenvalue weighted by Crippen LogP contribution is -2.49. The quantitative estimate of drug-likeness (QED) is 0.768. The second-order valence-corrected chi connectivity index (χ2v) is 8.15. The molecule has 26 heavy (non-hydrogen) atoms. The van der Waals surface area contributed by atoms with Crippen LogP contribution >= 0.6 is 0 Å². The maximum Gasteiger partial charge on any atom is 0.339 e. The molecule has 138 valence electrons. The summed E-state index contributed by atoms with van der Waals surface area (Å²) < 4.78 is 31.9. The molecule has 0 atom stereocenters. The molecule has 0 aliphatic carbocycles. The Bertz CT molecular complexity index is 886. The predicted octanol–water partition coefficient (Wildman–Crippen LogP) is 2.29. The lowest BCUT2D eigenvalue weighted by Gasteiger charge is -2.36. The number of carbonyl (C=O) groups is 1. The zero-order chi connectivity index (χ0) is 18.7. The summed E-state index contributed by atoms with van der Waals surface area (Å²) in [6.07, 6.45) is 0. The lowest BCUT2D eigenvalue weighted by molar-refractivity contribution is 0.0601. The van der Waals surface area contributed by atoms with Crippen molar-refractivity contribution in [3.63, 3.8) is 0 Å². The summed E-state index contributed by atoms with van der Waals surface area (Å²) in [5, 5.41) is 0. The fraction of sp³-hybridized carbons (Fsp3) is 0.316. The summed E-state index contributed by atoms with van der Waals surface area (Å²) in [5.41, 5.74) is 2.28. The number of benzene rings is 2. The Labute approximate surface area is 154 Å². The van der Waals surface area contributed by atoms with Gasteiger partial charge in [-0.2, -0.15) is 4.31 Å². The van der Waals surface area contributed by atoms with Crippen molar-refractivity contribution < 1.29 is 17.9 Å². The minimum Gasteiger partial charge on any atom is -0.465 e. The van der Waals surface area contributed by atoms with Crippen molar-refractivity contribution in [1.29, 1.82) is 0 Å². The molecule has 7 heteroatoms. The summed E-state index contributed by atoms with van der Waals surface area (Å²) in [4.78, 5) is 14.3. The maximum atomic E-state index is 12.8. The summed E-state index contributed by atoms with van der Waals surface area (Å²) in [5.74, 6) is -0.393. The van der Waals surface area contributed by atoms with E-state index in [0.717, 1.165) is 11.3 Å². The first-order valence-electron chi connectivity index (χ1n) is 8.42. The Balaban J connectivity index is 1.76. The van der Waals surface area contributed by atoms with Gasteiger partial charge in [0.15, 0.2) is 0 Å². The third-order valence-corrected chi connectivity index (χ3v) is 6.46. The SMILES string of the molecule is COC(=O)c1ccccc1N1CCN(S(=O)(=O)c2ccc(C)cc2)CC1. The minimum absolute atomic E-state index is 0.312. The molecular formula is C19H22N2O4S. The first kappa shape index (κ1) is 18.4. The number of para-hydroxylation sites is 1. The normalized spacial score (nSPS) is 15.7. The molecular weight excluding hydrogens is 352 g/mol. The minimum atomic E-state index is -3.50. The van der Waals surface area contributed by atoms with Crippen molar-refractivity contribution in [2.24, 2.45) is 0 Å². The predicted molar refractivity (Wildman–Crippen MR) is 99.9 cm³/mol. The maximum absolute atomic E-state index is 12.8. The molecule has 0 amide bonds. The Kier molecular flexibility index (Phi) is 5.29. The van der Waals surface area contributed by atoms with E-state index in [1.807, 2.05) is 24.0 Å². The number of carbonyl (C=O) groups excluding carboxylic acids is 1. The van der Waals surface area contributed by atoms with Crippen LogP contribution in [-0.2, 0) is 14.8 Å². The van der Waals surface area contributed by atoms with Crippen LogP contribution in [0.25, 0.3) is 0 Å². The molecule has 0 N–H and O–H groups in total. The number of aryl methyl sites for hydroxylation is 1. The standard InChI is InChI=1S/C19H22N2O4S/c1-15-7-9-16(10-8-15)26(23,24)21-13-11-20(12-14-21)18-6-4-3-5-17(18)19(22)25-2/h3-10H,11-14H2,1-2H3. The van der Waals surface area contributed by atoms with Gasteiger partial charge in [0.2, 0.25) is 10.0 Å². The van der Waals surface area contributed by atoms with Gasteiger partial charge in [0, 0.05) is 26.2 Å². The molecule has 2 aromatic rings. The molecule has 0 aromatic heterocycles. The van der Waals surface area contributed by atoms with Gasteiger partial charge in [-0.1, -0.05) is 29.8 Å². The van der Waals surface area contributed by atoms with E-state index in [1.54, 1.807) is 36.4 Å². The molecule has 0 saturated carbocycles. The second kappa shape index (κ2) is 7.47. The molecule has 1 saturated heterocycles. The van der Waals surface area contributed by atoms with Crippen molar-refractivity contribution in [3.05, 3.63) is 59.7 Å². The smallest absolute Gasteiger partial charge is 0.339 e. The third kappa shape index (κ3) is 3.59. The van der Waals surface area contributed by atoms with Crippen LogP contribution in [0.2, 0.25) is 0 Å². The number of hydrogen-bond acceptors (Lipinski definition) is 5. The molecule has 0 radical (unpaired) electrons. The second-order valence-electron chi connectivity index (χ2n) is 6.21. The van der Waals surface area contributed by atoms with E-state index >= 15 is 0 Å². The van der Waals surface area contributed by atoms with Gasteiger partial charge < -0.3 is 9.64 Å². The van der Waals surface area contributed by atoms with Gasteiger partial charge in [-0.05, 0) is 31.2 Å². The van der Waals surface area contributed by atoms with Gasteiger partial charge in [0.25, 0.3) is 0 Å². The summed E-state index contributed by atoms with van der Waals surface area (Å²) in [6.45, 7) is 3.68. The molecule has 1 aliphatic heterocycles. The average molecular weight is 374 g/mol. The van der Waals surface area contributed by atoms with Crippen molar-refractivity contribution in [1.82, 2.24) is 4.31 Å². The van der Waals surface area contributed by atoms with Gasteiger partial charge in [0.1, 0.15) is 0 Å². The number of sulfonamides is 1. The highest BCUT2D eigenvalue weighted by molar-refractivity contribution is 7.89. The number of esters is 1. The van der Waals surface area contributed by atoms with Crippen LogP contribution in [0.15, 0.2) is 53.4 Å². The van der Waals surface area contributed by atoms with Crippen molar-refractivity contribution >= 4 is 21.7 Å². The van der Waals surface area contributed by atoms with Crippen LogP contribution in [0.5, 0.6) is 0 Å². The van der Waals surface area contributed by atoms with Crippen LogP contribution in [-0.4, -0.2) is 52.0 Å². The van der Waals surface area contributed by atoms with E-state index in [9.17, 15) is 13.2 Å². The first-order chi connectivity index (χ1) is 12.4. The highest BCUT2D eigenvalue weighted by Gasteiger charge is 2.29. The molecule has 2 aromatic carbocycles. The highest BCUT2D eigenvalue weighted by atomic mass is 32.2. The van der Waals surface area contributed by atoms with Gasteiger partial charge in [-0.3, -0.25) is 0 Å². The number of ether oxygens (including phenoxy) is 1. The number of hydrogen-bond donors (Lipinski definition) is 0. The number of anilines is 1. The fourth-order valence-electron chi connectivity index (χ4n) is 3.06. The van der Waals surface area contributed by atoms with E-state index in [4.69, 9.17) is 4.74 Å². The van der Waals surface area contributed by atoms with Crippen LogP contribution < -0.4 is 4.90 Å². The summed E-state index contributed by atoms with van der Waals surface area (Å²) >= 11 is 0. The molecule has 3 rings (SSSR count). The molecule has 6 nitrogen and oxygen atoms in total. The molecule has 1 heterocycles. The topological polar surface area (TPSA) is 66.9 Å². The number of piperazine rings is 1. The van der Waals surface area contributed by atoms with Gasteiger partial charge in [-0.25, -0.2) is 13.2 Å². The molecule has 0 unspecified atom stereocenters. The van der Waals surface area contributed by atoms with Crippen molar-refractivity contribution in [3.8, 4) is 0 Å². The Morgan fingerprint density at radius 1 is 0.962 bits per heavy atom. The van der Waals surface area contributed by atoms with Crippen molar-refractivity contribution in [2.75, 3.05) is 38.2 Å². The summed E-state index contributed by atoms with van der Waals surface area (Å²) in [6, 6.07) is 14.1. The Hall–Kier alpha value is -2.38. The van der Waals surface area contributed by atoms with Crippen molar-refractivity contribution in [2.45, 2.75) is 11.8 Å². The largest absolute Gasteiger partial charge is 0.465 e. The van der Waals surface area contributed by atoms with Crippen LogP contribution in [0.1, 0.15) is 15.9 Å². The van der Waals surface area contributed by atoms with Gasteiger partial charge >= 0.3 is 5.97 Å². The number of methoxy groups -OCH3 is 1. The number of rotatable bonds is 4. The summed E-state index contributed by atoms with van der Waals surface area (Å²) in [7, 11) is -2.15. The van der Waals surface area contributed by atoms with E-state index in [2.05, 4.69) is 0 Å². The monoisotopic (exact) mass is 374 g/mol. The first-order valence-corrected chi connectivity index (χ1v) is 9.86. The molecule has 1 aliphatic rings. The average Bonchev–Trinajstić information content (AvgIpc) is 2.68. The van der Waals surface area contributed by atoms with Gasteiger partial charge in [-0.15, -0.1) is 0 Å². The highest BCUT2D eigenvalue weighted by Crippen LogP contribution is 2.25. The third-order valence-electron chi connectivity index (χ3n) is 4.55. The fourth-order valence-corrected chi connectivity index (χ4v) is 4.48. The Morgan fingerprint density at radius 3 is 2.19 bits per heavy atom. The van der Waals surface area contributed by atoms with Crippen LogP contribution in [0.4, 0.5) is 5.69 Å². The van der Waals surface area contributed by atoms with E-state index in [1.165, 1.54) is 11.4 Å². The lowest BCUT2D eigenvalue weighted by atomic mass is 10.1. The molecule has 1 fully saturated rings. The van der Waals surface area contributed by atoms with Crippen LogP contribution in [0.3, 0.4) is 0 Å². The van der Waals surface area contributed by atoms with E-state index in [0.29, 0.717) is 36.6 Å². The number of nitrogens with zero attached hydrogens (tertiary/aromatic N) is 2. The molecule has 0 spiro atoms. The van der Waals surface area contributed by atoms with E-state index in [-0.39, 0.29) is 0 Å². The van der Waals surface area contributed by atoms with E-state index < -0.39 is 16.0 Å². The van der Waals surface area contributed by atoms with Gasteiger partial charge in [0.05, 0.1) is 23.3 Å². The van der Waals surface area contributed by atoms with Crippen LogP contribution in [0, 0.1) is 6.92 Å². The zero-order valence-electron chi connectivity index (χ0n) is 14.9. The Morgan fingerprint density at radius 2 is 1.58 bits per heavy atom. The molecule has 0 bridgehead atoms.